The first kappa shape index (κ1) is 18.4. The van der Waals surface area contributed by atoms with Crippen molar-refractivity contribution < 1.29 is 23.9 Å². The Morgan fingerprint density at radius 1 is 0.963 bits per heavy atom. The third-order valence-electron chi connectivity index (χ3n) is 4.56. The molecule has 0 saturated carbocycles. The van der Waals surface area contributed by atoms with Gasteiger partial charge in [0.2, 0.25) is 0 Å². The molecule has 2 aromatic carbocycles. The number of methoxy groups -OCH3 is 2. The molecule has 0 spiro atoms. The molecule has 0 aliphatic carbocycles. The Morgan fingerprint density at radius 3 is 2.33 bits per heavy atom. The number of anilines is 1. The van der Waals surface area contributed by atoms with Gasteiger partial charge < -0.3 is 19.7 Å². The van der Waals surface area contributed by atoms with Crippen LogP contribution in [-0.2, 0) is 27.2 Å². The van der Waals surface area contributed by atoms with Gasteiger partial charge in [-0.1, -0.05) is 36.4 Å². The summed E-state index contributed by atoms with van der Waals surface area (Å²) in [6.07, 6.45) is 0.370. The number of esters is 2. The van der Waals surface area contributed by atoms with Crippen LogP contribution >= 0.6 is 0 Å². The maximum absolute atomic E-state index is 12.9. The Kier molecular flexibility index (Phi) is 5.40. The van der Waals surface area contributed by atoms with Gasteiger partial charge in [0.05, 0.1) is 25.5 Å². The molecule has 0 aromatic heterocycles. The SMILES string of the molecule is COC(=O)c1ccccc1NC(=O)N1Cc2ccccc2CC1C(=O)OC. The van der Waals surface area contributed by atoms with Crippen molar-refractivity contribution in [2.75, 3.05) is 19.5 Å². The Bertz CT molecular complexity index is 880. The number of fused-ring (bicyclic) bond motifs is 1. The van der Waals surface area contributed by atoms with E-state index in [1.54, 1.807) is 24.3 Å². The molecule has 140 valence electrons. The van der Waals surface area contributed by atoms with E-state index in [0.717, 1.165) is 11.1 Å². The number of rotatable bonds is 3. The molecule has 7 heteroatoms. The summed E-state index contributed by atoms with van der Waals surface area (Å²) in [4.78, 5) is 38.5. The van der Waals surface area contributed by atoms with Crippen LogP contribution in [0.2, 0.25) is 0 Å². The largest absolute Gasteiger partial charge is 0.467 e. The molecule has 1 heterocycles. The maximum Gasteiger partial charge on any atom is 0.339 e. The molecule has 1 unspecified atom stereocenters. The maximum atomic E-state index is 12.9. The highest BCUT2D eigenvalue weighted by Gasteiger charge is 2.35. The van der Waals surface area contributed by atoms with E-state index in [0.29, 0.717) is 12.1 Å². The van der Waals surface area contributed by atoms with E-state index in [4.69, 9.17) is 9.47 Å². The molecule has 2 aromatic rings. The summed E-state index contributed by atoms with van der Waals surface area (Å²) in [6, 6.07) is 13.0. The first-order valence-corrected chi connectivity index (χ1v) is 8.44. The second kappa shape index (κ2) is 7.90. The first-order valence-electron chi connectivity index (χ1n) is 8.44. The van der Waals surface area contributed by atoms with Gasteiger partial charge in [-0.2, -0.15) is 0 Å². The average molecular weight is 368 g/mol. The highest BCUT2D eigenvalue weighted by Crippen LogP contribution is 2.25. The Balaban J connectivity index is 1.89. The highest BCUT2D eigenvalue weighted by molar-refractivity contribution is 6.01. The van der Waals surface area contributed by atoms with Crippen molar-refractivity contribution in [2.24, 2.45) is 0 Å². The first-order chi connectivity index (χ1) is 13.0. The normalized spacial score (nSPS) is 15.5. The van der Waals surface area contributed by atoms with Crippen LogP contribution in [0.4, 0.5) is 10.5 Å². The van der Waals surface area contributed by atoms with Gasteiger partial charge in [0.15, 0.2) is 0 Å². The zero-order chi connectivity index (χ0) is 19.4. The molecule has 1 N–H and O–H groups in total. The van der Waals surface area contributed by atoms with Crippen LogP contribution in [0.25, 0.3) is 0 Å². The van der Waals surface area contributed by atoms with Crippen molar-refractivity contribution >= 4 is 23.7 Å². The number of hydrogen-bond donors (Lipinski definition) is 1. The minimum absolute atomic E-state index is 0.236. The molecule has 7 nitrogen and oxygen atoms in total. The Hall–Kier alpha value is -3.35. The van der Waals surface area contributed by atoms with Crippen LogP contribution in [0.5, 0.6) is 0 Å². The minimum atomic E-state index is -0.741. The van der Waals surface area contributed by atoms with Gasteiger partial charge in [-0.3, -0.25) is 0 Å². The van der Waals surface area contributed by atoms with E-state index in [9.17, 15) is 14.4 Å². The lowest BCUT2D eigenvalue weighted by Gasteiger charge is -2.35. The number of nitrogens with one attached hydrogen (secondary N) is 1. The molecule has 0 fully saturated rings. The van der Waals surface area contributed by atoms with Gasteiger partial charge in [0.1, 0.15) is 6.04 Å². The quantitative estimate of drug-likeness (QED) is 0.842. The van der Waals surface area contributed by atoms with Gasteiger partial charge in [-0.15, -0.1) is 0 Å². The van der Waals surface area contributed by atoms with Gasteiger partial charge in [0.25, 0.3) is 0 Å². The molecule has 2 amide bonds. The topological polar surface area (TPSA) is 84.9 Å². The van der Waals surface area contributed by atoms with Crippen LogP contribution in [0.3, 0.4) is 0 Å². The van der Waals surface area contributed by atoms with Crippen LogP contribution < -0.4 is 5.32 Å². The molecule has 27 heavy (non-hydrogen) atoms. The molecule has 0 saturated heterocycles. The predicted molar refractivity (Wildman–Crippen MR) is 98.3 cm³/mol. The van der Waals surface area contributed by atoms with Crippen molar-refractivity contribution in [3.63, 3.8) is 0 Å². The number of para-hydroxylation sites is 1. The lowest BCUT2D eigenvalue weighted by Crippen LogP contribution is -2.50. The van der Waals surface area contributed by atoms with E-state index in [1.165, 1.54) is 19.1 Å². The minimum Gasteiger partial charge on any atom is -0.467 e. The summed E-state index contributed by atoms with van der Waals surface area (Å²) in [6.45, 7) is 0.266. The van der Waals surface area contributed by atoms with E-state index in [1.807, 2.05) is 24.3 Å². The zero-order valence-corrected chi connectivity index (χ0v) is 15.1. The molecule has 3 rings (SSSR count). The van der Waals surface area contributed by atoms with E-state index >= 15 is 0 Å². The van der Waals surface area contributed by atoms with E-state index < -0.39 is 24.0 Å². The van der Waals surface area contributed by atoms with Crippen molar-refractivity contribution in [3.05, 3.63) is 65.2 Å². The molecular weight excluding hydrogens is 348 g/mol. The van der Waals surface area contributed by atoms with Gasteiger partial charge in [0, 0.05) is 13.0 Å². The lowest BCUT2D eigenvalue weighted by molar-refractivity contribution is -0.146. The van der Waals surface area contributed by atoms with Crippen LogP contribution in [0.1, 0.15) is 21.5 Å². The molecule has 0 radical (unpaired) electrons. The number of amides is 2. The third kappa shape index (κ3) is 3.76. The fraction of sp³-hybridized carbons (Fsp3) is 0.250. The van der Waals surface area contributed by atoms with Crippen LogP contribution in [-0.4, -0.2) is 43.1 Å². The molecule has 1 atom stereocenters. The number of nitrogens with zero attached hydrogens (tertiary/aromatic N) is 1. The molecule has 1 aliphatic heterocycles. The van der Waals surface area contributed by atoms with E-state index in [-0.39, 0.29) is 12.1 Å². The summed E-state index contributed by atoms with van der Waals surface area (Å²) < 4.78 is 9.63. The number of urea groups is 1. The summed E-state index contributed by atoms with van der Waals surface area (Å²) in [5, 5.41) is 2.71. The third-order valence-corrected chi connectivity index (χ3v) is 4.56. The fourth-order valence-corrected chi connectivity index (χ4v) is 3.15. The van der Waals surface area contributed by atoms with Gasteiger partial charge in [-0.25, -0.2) is 14.4 Å². The van der Waals surface area contributed by atoms with Gasteiger partial charge >= 0.3 is 18.0 Å². The lowest BCUT2D eigenvalue weighted by atomic mass is 9.94. The summed E-state index contributed by atoms with van der Waals surface area (Å²) in [7, 11) is 2.57. The number of carbonyl (C=O) groups excluding carboxylic acids is 3. The zero-order valence-electron chi connectivity index (χ0n) is 15.1. The fourth-order valence-electron chi connectivity index (χ4n) is 3.15. The molecular formula is C20H20N2O5. The second-order valence-corrected chi connectivity index (χ2v) is 6.11. The van der Waals surface area contributed by atoms with Crippen LogP contribution in [0, 0.1) is 0 Å². The number of carbonyl (C=O) groups is 3. The number of ether oxygens (including phenoxy) is 2. The van der Waals surface area contributed by atoms with Crippen molar-refractivity contribution in [1.29, 1.82) is 0 Å². The predicted octanol–water partition coefficient (Wildman–Crippen LogP) is 2.61. The van der Waals surface area contributed by atoms with Crippen molar-refractivity contribution in [3.8, 4) is 0 Å². The highest BCUT2D eigenvalue weighted by atomic mass is 16.5. The Labute approximate surface area is 156 Å². The summed E-state index contributed by atoms with van der Waals surface area (Å²) in [5.41, 5.74) is 2.53. The number of hydrogen-bond acceptors (Lipinski definition) is 5. The monoisotopic (exact) mass is 368 g/mol. The molecule has 0 bridgehead atoms. The van der Waals surface area contributed by atoms with Crippen LogP contribution in [0.15, 0.2) is 48.5 Å². The Morgan fingerprint density at radius 2 is 1.63 bits per heavy atom. The molecule has 1 aliphatic rings. The number of benzene rings is 2. The van der Waals surface area contributed by atoms with Crippen molar-refractivity contribution in [2.45, 2.75) is 19.0 Å². The van der Waals surface area contributed by atoms with Crippen molar-refractivity contribution in [1.82, 2.24) is 4.90 Å². The second-order valence-electron chi connectivity index (χ2n) is 6.11. The average Bonchev–Trinajstić information content (AvgIpc) is 2.71. The van der Waals surface area contributed by atoms with Gasteiger partial charge in [-0.05, 0) is 23.3 Å². The van der Waals surface area contributed by atoms with E-state index in [2.05, 4.69) is 5.32 Å². The summed E-state index contributed by atoms with van der Waals surface area (Å²) in [5.74, 6) is -1.04. The summed E-state index contributed by atoms with van der Waals surface area (Å²) >= 11 is 0. The standard InChI is InChI=1S/C20H20N2O5/c1-26-18(23)15-9-5-6-10-16(15)21-20(25)22-12-14-8-4-3-7-13(14)11-17(22)19(24)27-2/h3-10,17H,11-12H2,1-2H3,(H,21,25). The smallest absolute Gasteiger partial charge is 0.339 e.